The van der Waals surface area contributed by atoms with Gasteiger partial charge in [0.15, 0.2) is 0 Å². The van der Waals surface area contributed by atoms with E-state index in [0.29, 0.717) is 19.6 Å². The number of carbonyl (C=O) groups excluding carboxylic acids is 2. The van der Waals surface area contributed by atoms with Crippen molar-refractivity contribution in [3.05, 3.63) is 19.6 Å². The van der Waals surface area contributed by atoms with Crippen LogP contribution in [0.1, 0.15) is 222 Å². The minimum atomic E-state index is -0.351. The first-order valence-corrected chi connectivity index (χ1v) is 26.4. The average molecular weight is 910 g/mol. The molecule has 0 fully saturated rings. The van der Waals surface area contributed by atoms with Crippen LogP contribution in [0.4, 0.5) is 0 Å². The van der Waals surface area contributed by atoms with Gasteiger partial charge in [-0.2, -0.15) is 0 Å². The van der Waals surface area contributed by atoms with Gasteiger partial charge in [0.2, 0.25) is 11.6 Å². The molecule has 1 rings (SSSR count). The molecule has 0 amide bonds. The summed E-state index contributed by atoms with van der Waals surface area (Å²) in [5.74, 6) is 0.972. The molecule has 0 bridgehead atoms. The number of Topliss-reactive ketones (excluding diaryl/α,β-unsaturated/α-hetero) is 2. The van der Waals surface area contributed by atoms with Crippen molar-refractivity contribution in [2.75, 3.05) is 0 Å². The van der Waals surface area contributed by atoms with Crippen LogP contribution in [0, 0.1) is 67.0 Å². The summed E-state index contributed by atoms with van der Waals surface area (Å²) in [6, 6.07) is 0. The van der Waals surface area contributed by atoms with E-state index in [2.05, 4.69) is 222 Å². The molecule has 1 aliphatic carbocycles. The first-order valence-electron chi connectivity index (χ1n) is 23.2. The SMILES string of the molecule is CC(C(C)(C)SC1=C(SC(C)(C)C(C)C(C)(C)C(C)(C)C)C(=O)C(SC(C)(C)C(C)C(C)(C)C(C)(C)C)=C(SC(C)(C)C(C)C(C)(C)C(C)(C)C)C1=O)C(C)(C)C(C)(C)C. The number of rotatable bonds is 16. The molecule has 0 aromatic carbocycles. The van der Waals surface area contributed by atoms with Crippen molar-refractivity contribution in [2.45, 2.75) is 241 Å². The van der Waals surface area contributed by atoms with E-state index >= 15 is 9.59 Å². The molecule has 0 spiro atoms. The zero-order valence-corrected chi connectivity index (χ0v) is 49.0. The lowest BCUT2D eigenvalue weighted by Crippen LogP contribution is -2.46. The van der Waals surface area contributed by atoms with Crippen LogP contribution in [0.25, 0.3) is 0 Å². The van der Waals surface area contributed by atoms with Crippen molar-refractivity contribution in [3.63, 3.8) is 0 Å². The molecule has 0 saturated heterocycles. The van der Waals surface area contributed by atoms with Gasteiger partial charge in [0.1, 0.15) is 0 Å². The average Bonchev–Trinajstić information content (AvgIpc) is 3.02. The lowest BCUT2D eigenvalue weighted by atomic mass is 9.60. The molecule has 0 heterocycles. The van der Waals surface area contributed by atoms with Crippen molar-refractivity contribution in [1.29, 1.82) is 0 Å². The van der Waals surface area contributed by atoms with Gasteiger partial charge in [-0.3, -0.25) is 9.59 Å². The zero-order chi connectivity index (χ0) is 48.6. The highest BCUT2D eigenvalue weighted by molar-refractivity contribution is 8.12. The Morgan fingerprint density at radius 1 is 0.267 bits per heavy atom. The number of ketones is 2. The molecular formula is C54H100O2S4. The van der Waals surface area contributed by atoms with Crippen LogP contribution < -0.4 is 0 Å². The van der Waals surface area contributed by atoms with E-state index < -0.39 is 0 Å². The predicted octanol–water partition coefficient (Wildman–Crippen LogP) is 18.4. The molecule has 0 N–H and O–H groups in total. The van der Waals surface area contributed by atoms with E-state index in [-0.39, 0.29) is 97.5 Å². The number of thioether (sulfide) groups is 4. The molecule has 4 atom stereocenters. The van der Waals surface area contributed by atoms with Gasteiger partial charge in [-0.1, -0.05) is 222 Å². The summed E-state index contributed by atoms with van der Waals surface area (Å²) in [4.78, 5) is 34.7. The molecule has 6 heteroatoms. The van der Waals surface area contributed by atoms with Crippen LogP contribution in [-0.4, -0.2) is 30.6 Å². The van der Waals surface area contributed by atoms with Crippen molar-refractivity contribution in [1.82, 2.24) is 0 Å². The van der Waals surface area contributed by atoms with Crippen LogP contribution in [0.5, 0.6) is 0 Å². The van der Waals surface area contributed by atoms with Gasteiger partial charge < -0.3 is 0 Å². The first-order chi connectivity index (χ1) is 25.8. The Hall–Kier alpha value is 0.220. The molecule has 0 radical (unpaired) electrons. The van der Waals surface area contributed by atoms with Gasteiger partial charge in [-0.05, 0) is 67.0 Å². The summed E-state index contributed by atoms with van der Waals surface area (Å²) < 4.78 is -1.40. The molecule has 0 aromatic rings. The van der Waals surface area contributed by atoms with Crippen LogP contribution >= 0.6 is 47.0 Å². The molecule has 2 nitrogen and oxygen atoms in total. The third kappa shape index (κ3) is 11.6. The van der Waals surface area contributed by atoms with E-state index in [1.165, 1.54) is 0 Å². The summed E-state index contributed by atoms with van der Waals surface area (Å²) in [5.41, 5.74) is -0.0538. The Morgan fingerprint density at radius 2 is 0.383 bits per heavy atom. The molecule has 1 aliphatic rings. The number of hydrogen-bond acceptors (Lipinski definition) is 6. The Morgan fingerprint density at radius 3 is 0.483 bits per heavy atom. The van der Waals surface area contributed by atoms with Gasteiger partial charge in [-0.15, -0.1) is 47.0 Å². The summed E-state index contributed by atoms with van der Waals surface area (Å²) in [6.07, 6.45) is 0. The Kier molecular flexibility index (Phi) is 17.3. The topological polar surface area (TPSA) is 34.1 Å². The van der Waals surface area contributed by atoms with Crippen LogP contribution in [0.2, 0.25) is 0 Å². The van der Waals surface area contributed by atoms with E-state index in [9.17, 15) is 0 Å². The fraction of sp³-hybridized carbons (Fsp3) is 0.889. The van der Waals surface area contributed by atoms with Crippen molar-refractivity contribution < 1.29 is 9.59 Å². The maximum absolute atomic E-state index is 16.1. The third-order valence-corrected chi connectivity index (χ3v) is 25.1. The molecule has 4 unspecified atom stereocenters. The molecule has 352 valence electrons. The zero-order valence-electron chi connectivity index (χ0n) is 45.8. The summed E-state index contributed by atoms with van der Waals surface area (Å²) in [5, 5.41) is 0. The fourth-order valence-electron chi connectivity index (χ4n) is 8.47. The number of carbonyl (C=O) groups is 2. The van der Waals surface area contributed by atoms with Gasteiger partial charge >= 0.3 is 0 Å². The Labute approximate surface area is 393 Å². The predicted molar refractivity (Wildman–Crippen MR) is 280 cm³/mol. The maximum atomic E-state index is 16.1. The Balaban J connectivity index is 4.52. The maximum Gasteiger partial charge on any atom is 0.208 e. The van der Waals surface area contributed by atoms with Gasteiger partial charge in [0.05, 0.1) is 19.6 Å². The molecule has 0 aliphatic heterocycles. The second-order valence-corrected chi connectivity index (χ2v) is 34.2. The highest BCUT2D eigenvalue weighted by Gasteiger charge is 2.53. The minimum absolute atomic E-state index is 0.0341. The second-order valence-electron chi connectivity index (χ2n) is 27.6. The van der Waals surface area contributed by atoms with Crippen LogP contribution in [0.3, 0.4) is 0 Å². The third-order valence-electron chi connectivity index (χ3n) is 18.9. The standard InChI is InChI=1S/C54H100O2S4/c1-33(47(17,18)43(5,6)7)51(25,26)57-39-37(55)41(59-53(29,30)35(3)49(21,22)45(11,12)13)42(60-54(31,32)36(4)50(23,24)46(14,15)16)38(56)40(39)58-52(27,28)34(2)48(19,20)44(8,9)10/h33-36H,1-32H3. The number of allylic oxidation sites excluding steroid dienone is 4. The van der Waals surface area contributed by atoms with E-state index in [1.807, 2.05) is 0 Å². The van der Waals surface area contributed by atoms with E-state index in [0.717, 1.165) is 0 Å². The Bertz CT molecular complexity index is 1390. The monoisotopic (exact) mass is 909 g/mol. The fourth-order valence-corrected chi connectivity index (χ4v) is 14.6. The summed E-state index contributed by atoms with van der Waals surface area (Å²) >= 11 is 6.69. The molecule has 60 heavy (non-hydrogen) atoms. The lowest BCUT2D eigenvalue weighted by Gasteiger charge is -2.52. The largest absolute Gasteiger partial charge is 0.287 e. The van der Waals surface area contributed by atoms with Gasteiger partial charge in [0.25, 0.3) is 0 Å². The molecular weight excluding hydrogens is 809 g/mol. The molecule has 0 saturated carbocycles. The minimum Gasteiger partial charge on any atom is -0.287 e. The van der Waals surface area contributed by atoms with Crippen LogP contribution in [0.15, 0.2) is 19.6 Å². The van der Waals surface area contributed by atoms with E-state index in [4.69, 9.17) is 0 Å². The van der Waals surface area contributed by atoms with Gasteiger partial charge in [-0.25, -0.2) is 0 Å². The summed E-state index contributed by atoms with van der Waals surface area (Å²) in [6.45, 7) is 74.7. The van der Waals surface area contributed by atoms with Gasteiger partial charge in [0, 0.05) is 19.0 Å². The van der Waals surface area contributed by atoms with Crippen molar-refractivity contribution >= 4 is 58.6 Å². The highest BCUT2D eigenvalue weighted by Crippen LogP contribution is 2.62. The normalized spacial score (nSPS) is 19.3. The van der Waals surface area contributed by atoms with Crippen LogP contribution in [-0.2, 0) is 9.59 Å². The van der Waals surface area contributed by atoms with Crippen molar-refractivity contribution in [3.8, 4) is 0 Å². The van der Waals surface area contributed by atoms with Crippen molar-refractivity contribution in [2.24, 2.45) is 67.0 Å². The molecule has 0 aromatic heterocycles. The second kappa shape index (κ2) is 17.8. The quantitative estimate of drug-likeness (QED) is 0.144. The lowest BCUT2D eigenvalue weighted by molar-refractivity contribution is -0.114. The summed E-state index contributed by atoms with van der Waals surface area (Å²) in [7, 11) is 0. The smallest absolute Gasteiger partial charge is 0.208 e. The first kappa shape index (κ1) is 58.2. The van der Waals surface area contributed by atoms with E-state index in [1.54, 1.807) is 47.0 Å². The highest BCUT2D eigenvalue weighted by atomic mass is 32.2. The number of hydrogen-bond donors (Lipinski definition) is 0.